The molecule has 1 saturated heterocycles. The predicted octanol–water partition coefficient (Wildman–Crippen LogP) is 5.73. The summed E-state index contributed by atoms with van der Waals surface area (Å²) in [5.41, 5.74) is 1.51. The second-order valence-electron chi connectivity index (χ2n) is 7.28. The zero-order valence-electron chi connectivity index (χ0n) is 17.7. The molecule has 0 atom stereocenters. The molecule has 1 fully saturated rings. The number of hydrogen-bond donors (Lipinski definition) is 1. The van der Waals surface area contributed by atoms with Gasteiger partial charge in [0.25, 0.3) is 11.1 Å². The third-order valence-corrected chi connectivity index (χ3v) is 5.93. The third kappa shape index (κ3) is 5.84. The molecule has 9 heteroatoms. The Balaban J connectivity index is 1.41. The summed E-state index contributed by atoms with van der Waals surface area (Å²) in [4.78, 5) is 38.5. The summed E-state index contributed by atoms with van der Waals surface area (Å²) in [6.45, 7) is -0.366. The molecule has 1 aliphatic heterocycles. The summed E-state index contributed by atoms with van der Waals surface area (Å²) in [5.74, 6) is -0.952. The lowest BCUT2D eigenvalue weighted by molar-refractivity contribution is -0.127. The molecule has 0 radical (unpaired) electrons. The van der Waals surface area contributed by atoms with Gasteiger partial charge in [0.05, 0.1) is 4.91 Å². The van der Waals surface area contributed by atoms with Crippen molar-refractivity contribution < 1.29 is 23.5 Å². The van der Waals surface area contributed by atoms with Crippen LogP contribution in [-0.4, -0.2) is 28.5 Å². The van der Waals surface area contributed by atoms with Crippen molar-refractivity contribution in [3.8, 4) is 5.75 Å². The number of amides is 3. The number of benzene rings is 3. The van der Waals surface area contributed by atoms with E-state index >= 15 is 0 Å². The summed E-state index contributed by atoms with van der Waals surface area (Å²) < 4.78 is 19.5. The zero-order valence-corrected chi connectivity index (χ0v) is 19.2. The quantitative estimate of drug-likeness (QED) is 0.422. The average Bonchev–Trinajstić information content (AvgIpc) is 3.06. The van der Waals surface area contributed by atoms with E-state index in [4.69, 9.17) is 16.3 Å². The third-order valence-electron chi connectivity index (χ3n) is 4.79. The topological polar surface area (TPSA) is 75.7 Å². The molecular formula is C25H18ClFN2O4S. The van der Waals surface area contributed by atoms with Gasteiger partial charge in [0.1, 0.15) is 24.7 Å². The lowest BCUT2D eigenvalue weighted by atomic mass is 10.2. The van der Waals surface area contributed by atoms with E-state index in [0.29, 0.717) is 27.6 Å². The molecular weight excluding hydrogens is 479 g/mol. The second kappa shape index (κ2) is 10.5. The summed E-state index contributed by atoms with van der Waals surface area (Å²) in [7, 11) is 0. The molecule has 172 valence electrons. The molecule has 0 unspecified atom stereocenters. The van der Waals surface area contributed by atoms with Crippen LogP contribution in [0, 0.1) is 5.82 Å². The summed E-state index contributed by atoms with van der Waals surface area (Å²) in [5, 5.41) is 2.53. The molecule has 1 N–H and O–H groups in total. The Morgan fingerprint density at radius 3 is 2.65 bits per heavy atom. The first-order valence-electron chi connectivity index (χ1n) is 10.2. The Morgan fingerprint density at radius 2 is 1.85 bits per heavy atom. The van der Waals surface area contributed by atoms with Crippen LogP contribution in [0.25, 0.3) is 6.08 Å². The Morgan fingerprint density at radius 1 is 1.06 bits per heavy atom. The van der Waals surface area contributed by atoms with Crippen molar-refractivity contribution in [2.75, 3.05) is 11.9 Å². The van der Waals surface area contributed by atoms with E-state index in [-0.39, 0.29) is 17.3 Å². The molecule has 3 amide bonds. The van der Waals surface area contributed by atoms with Crippen LogP contribution < -0.4 is 10.1 Å². The van der Waals surface area contributed by atoms with Crippen LogP contribution in [0.3, 0.4) is 0 Å². The molecule has 6 nitrogen and oxygen atoms in total. The van der Waals surface area contributed by atoms with Crippen LogP contribution in [0.5, 0.6) is 5.75 Å². The van der Waals surface area contributed by atoms with Gasteiger partial charge < -0.3 is 10.1 Å². The molecule has 0 spiro atoms. The van der Waals surface area contributed by atoms with E-state index in [0.717, 1.165) is 16.7 Å². The lowest BCUT2D eigenvalue weighted by Crippen LogP contribution is -2.36. The van der Waals surface area contributed by atoms with E-state index < -0.39 is 23.6 Å². The number of carbonyl (C=O) groups excluding carboxylic acids is 3. The van der Waals surface area contributed by atoms with Gasteiger partial charge in [-0.25, -0.2) is 4.39 Å². The normalized spacial score (nSPS) is 14.5. The molecule has 0 saturated carbocycles. The van der Waals surface area contributed by atoms with E-state index in [1.54, 1.807) is 72.8 Å². The molecule has 3 aromatic carbocycles. The summed E-state index contributed by atoms with van der Waals surface area (Å²) in [6.07, 6.45) is 1.55. The van der Waals surface area contributed by atoms with Crippen molar-refractivity contribution in [1.82, 2.24) is 4.90 Å². The SMILES string of the molecule is O=C(CN1C(=O)S/C(=C/c2cccc(OCc3ccccc3F)c2)C1=O)Nc1cccc(Cl)c1. The van der Waals surface area contributed by atoms with Gasteiger partial charge >= 0.3 is 0 Å². The van der Waals surface area contributed by atoms with Gasteiger partial charge in [-0.1, -0.05) is 48.0 Å². The van der Waals surface area contributed by atoms with Crippen molar-refractivity contribution in [3.05, 3.63) is 99.7 Å². The Hall–Kier alpha value is -3.62. The summed E-state index contributed by atoms with van der Waals surface area (Å²) in [6, 6.07) is 19.8. The molecule has 0 aromatic heterocycles. The molecule has 1 aliphatic rings. The first-order chi connectivity index (χ1) is 16.4. The van der Waals surface area contributed by atoms with Crippen molar-refractivity contribution >= 4 is 52.2 Å². The second-order valence-corrected chi connectivity index (χ2v) is 8.71. The maximum atomic E-state index is 13.8. The first-order valence-corrected chi connectivity index (χ1v) is 11.4. The number of thioether (sulfide) groups is 1. The number of rotatable bonds is 7. The minimum Gasteiger partial charge on any atom is -0.489 e. The van der Waals surface area contributed by atoms with Crippen molar-refractivity contribution in [2.45, 2.75) is 6.61 Å². The molecule has 0 aliphatic carbocycles. The first kappa shape index (κ1) is 23.5. The summed E-state index contributed by atoms with van der Waals surface area (Å²) >= 11 is 6.66. The molecule has 34 heavy (non-hydrogen) atoms. The molecule has 1 heterocycles. The number of imide groups is 1. The van der Waals surface area contributed by atoms with Crippen molar-refractivity contribution in [1.29, 1.82) is 0 Å². The lowest BCUT2D eigenvalue weighted by Gasteiger charge is -2.12. The van der Waals surface area contributed by atoms with Gasteiger partial charge in [0.2, 0.25) is 5.91 Å². The zero-order chi connectivity index (χ0) is 24.1. The van der Waals surface area contributed by atoms with E-state index in [9.17, 15) is 18.8 Å². The highest BCUT2D eigenvalue weighted by atomic mass is 35.5. The van der Waals surface area contributed by atoms with Gasteiger partial charge in [-0.3, -0.25) is 19.3 Å². The van der Waals surface area contributed by atoms with Gasteiger partial charge in [-0.05, 0) is 59.8 Å². The minimum absolute atomic E-state index is 0.0500. The highest BCUT2D eigenvalue weighted by Crippen LogP contribution is 2.32. The molecule has 0 bridgehead atoms. The maximum absolute atomic E-state index is 13.8. The minimum atomic E-state index is -0.561. The number of nitrogens with zero attached hydrogens (tertiary/aromatic N) is 1. The van der Waals surface area contributed by atoms with Gasteiger partial charge in [0.15, 0.2) is 0 Å². The number of halogens is 2. The van der Waals surface area contributed by atoms with Crippen LogP contribution in [0.4, 0.5) is 14.9 Å². The van der Waals surface area contributed by atoms with Gasteiger partial charge in [0, 0.05) is 16.3 Å². The predicted molar refractivity (Wildman–Crippen MR) is 130 cm³/mol. The number of carbonyl (C=O) groups is 3. The highest BCUT2D eigenvalue weighted by molar-refractivity contribution is 8.18. The van der Waals surface area contributed by atoms with Crippen molar-refractivity contribution in [2.24, 2.45) is 0 Å². The fourth-order valence-corrected chi connectivity index (χ4v) is 4.20. The largest absolute Gasteiger partial charge is 0.489 e. The Labute approximate surface area is 204 Å². The van der Waals surface area contributed by atoms with Crippen LogP contribution in [0.15, 0.2) is 77.7 Å². The monoisotopic (exact) mass is 496 g/mol. The average molecular weight is 497 g/mol. The molecule has 3 aromatic rings. The molecule has 4 rings (SSSR count). The van der Waals surface area contributed by atoms with Crippen LogP contribution >= 0.6 is 23.4 Å². The van der Waals surface area contributed by atoms with E-state index in [2.05, 4.69) is 5.32 Å². The smallest absolute Gasteiger partial charge is 0.294 e. The Kier molecular flexibility index (Phi) is 7.30. The Bertz CT molecular complexity index is 1300. The van der Waals surface area contributed by atoms with Gasteiger partial charge in [-0.2, -0.15) is 0 Å². The van der Waals surface area contributed by atoms with Crippen molar-refractivity contribution in [3.63, 3.8) is 0 Å². The van der Waals surface area contributed by atoms with Crippen LogP contribution in [0.1, 0.15) is 11.1 Å². The number of anilines is 1. The van der Waals surface area contributed by atoms with Crippen LogP contribution in [-0.2, 0) is 16.2 Å². The maximum Gasteiger partial charge on any atom is 0.294 e. The highest BCUT2D eigenvalue weighted by Gasteiger charge is 2.36. The fourth-order valence-electron chi connectivity index (χ4n) is 3.17. The number of nitrogens with one attached hydrogen (secondary N) is 1. The van der Waals surface area contributed by atoms with E-state index in [1.807, 2.05) is 0 Å². The van der Waals surface area contributed by atoms with Gasteiger partial charge in [-0.15, -0.1) is 0 Å². The number of hydrogen-bond acceptors (Lipinski definition) is 5. The standard InChI is InChI=1S/C25H18ClFN2O4S/c26-18-7-4-8-19(13-18)28-23(30)14-29-24(31)22(34-25(29)32)12-16-5-3-9-20(11-16)33-15-17-6-1-2-10-21(17)27/h1-13H,14-15H2,(H,28,30)/b22-12+. The number of ether oxygens (including phenoxy) is 1. The fraction of sp³-hybridized carbons (Fsp3) is 0.0800. The van der Waals surface area contributed by atoms with E-state index in [1.165, 1.54) is 6.07 Å². The van der Waals surface area contributed by atoms with Crippen LogP contribution in [0.2, 0.25) is 5.02 Å².